The van der Waals surface area contributed by atoms with Gasteiger partial charge in [-0.05, 0) is 36.8 Å². The van der Waals surface area contributed by atoms with Crippen molar-refractivity contribution < 1.29 is 4.39 Å². The fourth-order valence-corrected chi connectivity index (χ4v) is 3.93. The highest BCUT2D eigenvalue weighted by molar-refractivity contribution is 7.98. The molecule has 21 heavy (non-hydrogen) atoms. The minimum absolute atomic E-state index is 0.231. The molecular formula is C15H12ClFN2S2. The van der Waals surface area contributed by atoms with E-state index in [-0.39, 0.29) is 5.82 Å². The summed E-state index contributed by atoms with van der Waals surface area (Å²) >= 11 is 9.45. The molecule has 2 aromatic heterocycles. The monoisotopic (exact) mass is 338 g/mol. The molecular weight excluding hydrogens is 327 g/mol. The Morgan fingerprint density at radius 3 is 2.71 bits per heavy atom. The van der Waals surface area contributed by atoms with Crippen LogP contribution >= 0.6 is 34.7 Å². The van der Waals surface area contributed by atoms with Crippen LogP contribution in [0.25, 0.3) is 10.2 Å². The molecule has 0 bridgehead atoms. The molecule has 3 rings (SSSR count). The molecule has 0 amide bonds. The van der Waals surface area contributed by atoms with Crippen molar-refractivity contribution in [3.05, 3.63) is 52.0 Å². The maximum Gasteiger partial charge on any atom is 0.142 e. The molecule has 0 fully saturated rings. The van der Waals surface area contributed by atoms with E-state index in [1.54, 1.807) is 35.2 Å². The summed E-state index contributed by atoms with van der Waals surface area (Å²) in [5.41, 5.74) is 0. The highest BCUT2D eigenvalue weighted by Crippen LogP contribution is 2.30. The van der Waals surface area contributed by atoms with Crippen molar-refractivity contribution in [2.75, 3.05) is 0 Å². The Labute approximate surface area is 135 Å². The van der Waals surface area contributed by atoms with Gasteiger partial charge in [0.05, 0.1) is 5.75 Å². The van der Waals surface area contributed by atoms with Gasteiger partial charge in [0.15, 0.2) is 0 Å². The summed E-state index contributed by atoms with van der Waals surface area (Å²) < 4.78 is 12.9. The van der Waals surface area contributed by atoms with Gasteiger partial charge in [-0.3, -0.25) is 0 Å². The van der Waals surface area contributed by atoms with Crippen molar-refractivity contribution in [3.63, 3.8) is 0 Å². The number of rotatable bonds is 4. The molecule has 1 aromatic carbocycles. The number of aromatic nitrogens is 2. The predicted octanol–water partition coefficient (Wildman–Crippen LogP) is 5.34. The Bertz CT molecular complexity index is 771. The lowest BCUT2D eigenvalue weighted by Crippen LogP contribution is -1.92. The van der Waals surface area contributed by atoms with Crippen LogP contribution in [0, 0.1) is 5.82 Å². The van der Waals surface area contributed by atoms with Crippen molar-refractivity contribution in [1.29, 1.82) is 0 Å². The largest absolute Gasteiger partial charge is 0.221 e. The van der Waals surface area contributed by atoms with Crippen LogP contribution in [0.5, 0.6) is 0 Å². The van der Waals surface area contributed by atoms with E-state index in [9.17, 15) is 4.39 Å². The van der Waals surface area contributed by atoms with Crippen LogP contribution in [0.4, 0.5) is 4.39 Å². The number of thiophene rings is 1. The van der Waals surface area contributed by atoms with Crippen LogP contribution in [0.15, 0.2) is 35.2 Å². The minimum Gasteiger partial charge on any atom is -0.221 e. The summed E-state index contributed by atoms with van der Waals surface area (Å²) in [6.45, 7) is 2.11. The summed E-state index contributed by atoms with van der Waals surface area (Å²) in [6, 6.07) is 8.46. The number of benzene rings is 1. The Morgan fingerprint density at radius 2 is 2.00 bits per heavy atom. The number of aryl methyl sites for hydroxylation is 1. The van der Waals surface area contributed by atoms with Gasteiger partial charge in [-0.15, -0.1) is 23.1 Å². The van der Waals surface area contributed by atoms with Crippen molar-refractivity contribution >= 4 is 44.9 Å². The summed E-state index contributed by atoms with van der Waals surface area (Å²) in [7, 11) is 0. The Hall–Kier alpha value is -1.17. The first-order chi connectivity index (χ1) is 10.2. The molecule has 0 saturated carbocycles. The first kappa shape index (κ1) is 14.8. The van der Waals surface area contributed by atoms with Gasteiger partial charge >= 0.3 is 0 Å². The van der Waals surface area contributed by atoms with E-state index in [1.165, 1.54) is 17.0 Å². The Balaban J connectivity index is 1.82. The highest BCUT2D eigenvalue weighted by atomic mass is 35.5. The maximum atomic E-state index is 12.9. The molecule has 2 nitrogen and oxygen atoms in total. The number of thioether (sulfide) groups is 1. The lowest BCUT2D eigenvalue weighted by molar-refractivity contribution is 0.626. The van der Waals surface area contributed by atoms with Crippen molar-refractivity contribution in [1.82, 2.24) is 9.97 Å². The van der Waals surface area contributed by atoms with E-state index < -0.39 is 0 Å². The molecule has 0 atom stereocenters. The first-order valence-corrected chi connectivity index (χ1v) is 8.67. The van der Waals surface area contributed by atoms with Gasteiger partial charge in [0.1, 0.15) is 21.6 Å². The normalized spacial score (nSPS) is 11.2. The van der Waals surface area contributed by atoms with Crippen LogP contribution < -0.4 is 0 Å². The van der Waals surface area contributed by atoms with Crippen LogP contribution in [-0.2, 0) is 12.2 Å². The van der Waals surface area contributed by atoms with Gasteiger partial charge in [-0.2, -0.15) is 0 Å². The molecule has 6 heteroatoms. The predicted molar refractivity (Wildman–Crippen MR) is 87.8 cm³/mol. The van der Waals surface area contributed by atoms with Gasteiger partial charge in [0.25, 0.3) is 0 Å². The number of hydrogen-bond donors (Lipinski definition) is 0. The molecule has 0 saturated heterocycles. The maximum absolute atomic E-state index is 12.9. The molecule has 0 aliphatic heterocycles. The molecule has 0 N–H and O–H groups in total. The zero-order valence-electron chi connectivity index (χ0n) is 11.3. The smallest absolute Gasteiger partial charge is 0.142 e. The van der Waals surface area contributed by atoms with Gasteiger partial charge in [0, 0.05) is 15.2 Å². The van der Waals surface area contributed by atoms with Crippen LogP contribution in [0.3, 0.4) is 0 Å². The third-order valence-electron chi connectivity index (χ3n) is 2.97. The van der Waals surface area contributed by atoms with E-state index >= 15 is 0 Å². The van der Waals surface area contributed by atoms with Crippen LogP contribution in [0.2, 0.25) is 5.15 Å². The number of fused-ring (bicyclic) bond motifs is 1. The molecule has 0 aliphatic rings. The summed E-state index contributed by atoms with van der Waals surface area (Å²) in [5, 5.41) is 1.43. The highest BCUT2D eigenvalue weighted by Gasteiger charge is 2.10. The van der Waals surface area contributed by atoms with Crippen molar-refractivity contribution in [2.45, 2.75) is 24.0 Å². The van der Waals surface area contributed by atoms with E-state index in [2.05, 4.69) is 23.0 Å². The van der Waals surface area contributed by atoms with Crippen LogP contribution in [-0.4, -0.2) is 9.97 Å². The number of halogens is 2. The second kappa shape index (κ2) is 6.30. The van der Waals surface area contributed by atoms with Gasteiger partial charge in [-0.1, -0.05) is 18.5 Å². The lowest BCUT2D eigenvalue weighted by Gasteiger charge is -2.02. The molecule has 0 radical (unpaired) electrons. The van der Waals surface area contributed by atoms with Crippen LogP contribution in [0.1, 0.15) is 17.6 Å². The lowest BCUT2D eigenvalue weighted by atomic mass is 10.3. The molecule has 3 aromatic rings. The molecule has 0 spiro atoms. The fourth-order valence-electron chi connectivity index (χ4n) is 1.90. The second-order valence-electron chi connectivity index (χ2n) is 4.46. The molecule has 2 heterocycles. The summed E-state index contributed by atoms with van der Waals surface area (Å²) in [6.07, 6.45) is 0.969. The molecule has 0 aliphatic carbocycles. The fraction of sp³-hybridized carbons (Fsp3) is 0.200. The third-order valence-corrected chi connectivity index (χ3v) is 5.44. The van der Waals surface area contributed by atoms with Gasteiger partial charge in [0.2, 0.25) is 0 Å². The zero-order valence-corrected chi connectivity index (χ0v) is 13.7. The SMILES string of the molecule is CCc1cc2c(Cl)nc(CSc3ccc(F)cc3)nc2s1. The van der Waals surface area contributed by atoms with E-state index in [1.807, 2.05) is 0 Å². The topological polar surface area (TPSA) is 25.8 Å². The van der Waals surface area contributed by atoms with Gasteiger partial charge < -0.3 is 0 Å². The third kappa shape index (κ3) is 3.36. The first-order valence-electron chi connectivity index (χ1n) is 6.49. The average molecular weight is 339 g/mol. The Morgan fingerprint density at radius 1 is 1.24 bits per heavy atom. The summed E-state index contributed by atoms with van der Waals surface area (Å²) in [4.78, 5) is 12.1. The Kier molecular flexibility index (Phi) is 4.42. The second-order valence-corrected chi connectivity index (χ2v) is 6.98. The zero-order chi connectivity index (χ0) is 14.8. The standard InChI is InChI=1S/C15H12ClFN2S2/c1-2-10-7-12-14(16)18-13(19-15(12)21-10)8-20-11-5-3-9(17)4-6-11/h3-7H,2,8H2,1H3. The van der Waals surface area contributed by atoms with E-state index in [0.717, 1.165) is 21.5 Å². The van der Waals surface area contributed by atoms with Crippen molar-refractivity contribution in [3.8, 4) is 0 Å². The van der Waals surface area contributed by atoms with Gasteiger partial charge in [-0.25, -0.2) is 14.4 Å². The van der Waals surface area contributed by atoms with E-state index in [4.69, 9.17) is 11.6 Å². The van der Waals surface area contributed by atoms with Crippen molar-refractivity contribution in [2.24, 2.45) is 0 Å². The number of nitrogens with zero attached hydrogens (tertiary/aromatic N) is 2. The van der Waals surface area contributed by atoms with E-state index in [0.29, 0.717) is 16.7 Å². The average Bonchev–Trinajstić information content (AvgIpc) is 2.90. The summed E-state index contributed by atoms with van der Waals surface area (Å²) in [5.74, 6) is 1.08. The minimum atomic E-state index is -0.231. The number of hydrogen-bond acceptors (Lipinski definition) is 4. The quantitative estimate of drug-likeness (QED) is 0.474. The molecule has 0 unspecified atom stereocenters. The molecule has 108 valence electrons.